The van der Waals surface area contributed by atoms with Gasteiger partial charge in [0.1, 0.15) is 5.75 Å². The fourth-order valence-corrected chi connectivity index (χ4v) is 2.29. The van der Waals surface area contributed by atoms with Gasteiger partial charge in [0.2, 0.25) is 0 Å². The van der Waals surface area contributed by atoms with Crippen molar-refractivity contribution in [3.8, 4) is 5.75 Å². The van der Waals surface area contributed by atoms with Crippen molar-refractivity contribution in [3.05, 3.63) is 24.3 Å². The maximum atomic E-state index is 12.0. The molecule has 0 aromatic heterocycles. The molecule has 5 nitrogen and oxygen atoms in total. The van der Waals surface area contributed by atoms with Gasteiger partial charge in [-0.1, -0.05) is 13.0 Å². The van der Waals surface area contributed by atoms with E-state index in [1.807, 2.05) is 0 Å². The molecular weight excluding hydrogens is 244 g/mol. The molecule has 1 unspecified atom stereocenters. The van der Waals surface area contributed by atoms with Crippen LogP contribution in [0.2, 0.25) is 0 Å². The summed E-state index contributed by atoms with van der Waals surface area (Å²) >= 11 is 0. The number of anilines is 1. The van der Waals surface area contributed by atoms with Crippen molar-refractivity contribution in [3.63, 3.8) is 0 Å². The van der Waals surface area contributed by atoms with Crippen LogP contribution in [0.25, 0.3) is 0 Å². The van der Waals surface area contributed by atoms with Crippen LogP contribution >= 0.6 is 0 Å². The van der Waals surface area contributed by atoms with E-state index in [9.17, 15) is 14.7 Å². The van der Waals surface area contributed by atoms with Gasteiger partial charge in [0.15, 0.2) is 0 Å². The quantitative estimate of drug-likeness (QED) is 0.755. The topological polar surface area (TPSA) is 69.6 Å². The molecular formula is C14H18N2O3. The number of aromatic hydroxyl groups is 1. The van der Waals surface area contributed by atoms with Gasteiger partial charge in [0.25, 0.3) is 0 Å². The fourth-order valence-electron chi connectivity index (χ4n) is 2.29. The van der Waals surface area contributed by atoms with Gasteiger partial charge in [-0.15, -0.1) is 0 Å². The normalized spacial score (nSPS) is 19.0. The van der Waals surface area contributed by atoms with E-state index < -0.39 is 11.8 Å². The number of amides is 2. The van der Waals surface area contributed by atoms with Crippen LogP contribution in [0.4, 0.5) is 5.69 Å². The lowest BCUT2D eigenvalue weighted by atomic mass is 10.0. The molecule has 0 saturated carbocycles. The zero-order valence-electron chi connectivity index (χ0n) is 10.9. The van der Waals surface area contributed by atoms with Crippen LogP contribution in [-0.4, -0.2) is 34.9 Å². The van der Waals surface area contributed by atoms with E-state index in [0.29, 0.717) is 24.7 Å². The van der Waals surface area contributed by atoms with Crippen molar-refractivity contribution in [2.45, 2.75) is 19.8 Å². The first-order valence-electron chi connectivity index (χ1n) is 6.45. The SMILES string of the molecule is CC1CCCN(C(=O)C(=O)Nc2cccc(O)c2)C1. The highest BCUT2D eigenvalue weighted by molar-refractivity contribution is 6.39. The van der Waals surface area contributed by atoms with Crippen LogP contribution in [0.3, 0.4) is 0 Å². The monoisotopic (exact) mass is 262 g/mol. The van der Waals surface area contributed by atoms with Gasteiger partial charge in [-0.25, -0.2) is 0 Å². The van der Waals surface area contributed by atoms with Crippen LogP contribution in [-0.2, 0) is 9.59 Å². The third kappa shape index (κ3) is 3.47. The van der Waals surface area contributed by atoms with E-state index in [-0.39, 0.29) is 5.75 Å². The molecule has 102 valence electrons. The Hall–Kier alpha value is -2.04. The zero-order valence-corrected chi connectivity index (χ0v) is 10.9. The summed E-state index contributed by atoms with van der Waals surface area (Å²) in [6, 6.07) is 6.15. The standard InChI is InChI=1S/C14H18N2O3/c1-10-4-3-7-16(9-10)14(19)13(18)15-11-5-2-6-12(17)8-11/h2,5-6,8,10,17H,3-4,7,9H2,1H3,(H,15,18). The molecule has 5 heteroatoms. The molecule has 0 spiro atoms. The van der Waals surface area contributed by atoms with Gasteiger partial charge in [-0.05, 0) is 30.9 Å². The molecule has 2 amide bonds. The number of hydrogen-bond donors (Lipinski definition) is 2. The molecule has 1 aromatic carbocycles. The molecule has 1 fully saturated rings. The summed E-state index contributed by atoms with van der Waals surface area (Å²) in [5, 5.41) is 11.8. The summed E-state index contributed by atoms with van der Waals surface area (Å²) in [6.45, 7) is 3.34. The average molecular weight is 262 g/mol. The molecule has 1 aliphatic heterocycles. The number of phenols is 1. The average Bonchev–Trinajstić information content (AvgIpc) is 2.38. The Morgan fingerprint density at radius 2 is 2.21 bits per heavy atom. The van der Waals surface area contributed by atoms with Crippen molar-refractivity contribution in [1.29, 1.82) is 0 Å². The predicted octanol–water partition coefficient (Wildman–Crippen LogP) is 1.59. The summed E-state index contributed by atoms with van der Waals surface area (Å²) in [6.07, 6.45) is 2.03. The van der Waals surface area contributed by atoms with Crippen LogP contribution in [0.15, 0.2) is 24.3 Å². The van der Waals surface area contributed by atoms with Gasteiger partial charge in [0, 0.05) is 24.8 Å². The second-order valence-electron chi connectivity index (χ2n) is 5.00. The first kappa shape index (κ1) is 13.4. The summed E-state index contributed by atoms with van der Waals surface area (Å²) in [5.41, 5.74) is 0.420. The molecule has 19 heavy (non-hydrogen) atoms. The Labute approximate surface area is 112 Å². The minimum atomic E-state index is -0.653. The Morgan fingerprint density at radius 1 is 1.42 bits per heavy atom. The first-order chi connectivity index (χ1) is 9.06. The molecule has 1 atom stereocenters. The largest absolute Gasteiger partial charge is 0.508 e. The minimum Gasteiger partial charge on any atom is -0.508 e. The predicted molar refractivity (Wildman–Crippen MR) is 71.7 cm³/mol. The van der Waals surface area contributed by atoms with E-state index in [0.717, 1.165) is 12.8 Å². The molecule has 1 aliphatic rings. The molecule has 0 radical (unpaired) electrons. The molecule has 1 saturated heterocycles. The van der Waals surface area contributed by atoms with Crippen molar-refractivity contribution in [2.24, 2.45) is 5.92 Å². The number of nitrogens with zero attached hydrogens (tertiary/aromatic N) is 1. The Kier molecular flexibility index (Phi) is 4.04. The van der Waals surface area contributed by atoms with E-state index >= 15 is 0 Å². The number of likely N-dealkylation sites (tertiary alicyclic amines) is 1. The lowest BCUT2D eigenvalue weighted by Gasteiger charge is -2.30. The second-order valence-corrected chi connectivity index (χ2v) is 5.00. The van der Waals surface area contributed by atoms with Crippen molar-refractivity contribution < 1.29 is 14.7 Å². The third-order valence-electron chi connectivity index (χ3n) is 3.24. The van der Waals surface area contributed by atoms with Crippen molar-refractivity contribution in [1.82, 2.24) is 4.90 Å². The number of nitrogens with one attached hydrogen (secondary N) is 1. The fraction of sp³-hybridized carbons (Fsp3) is 0.429. The minimum absolute atomic E-state index is 0.0526. The smallest absolute Gasteiger partial charge is 0.313 e. The number of benzene rings is 1. The summed E-state index contributed by atoms with van der Waals surface area (Å²) in [7, 11) is 0. The number of carbonyl (C=O) groups excluding carboxylic acids is 2. The van der Waals surface area contributed by atoms with Crippen molar-refractivity contribution in [2.75, 3.05) is 18.4 Å². The first-order valence-corrected chi connectivity index (χ1v) is 6.45. The summed E-state index contributed by atoms with van der Waals surface area (Å²) in [4.78, 5) is 25.4. The van der Waals surface area contributed by atoms with E-state index in [2.05, 4.69) is 12.2 Å². The van der Waals surface area contributed by atoms with E-state index in [4.69, 9.17) is 0 Å². The zero-order chi connectivity index (χ0) is 13.8. The number of carbonyl (C=O) groups is 2. The Morgan fingerprint density at radius 3 is 2.89 bits per heavy atom. The number of rotatable bonds is 1. The highest BCUT2D eigenvalue weighted by Gasteiger charge is 2.26. The molecule has 0 aliphatic carbocycles. The van der Waals surface area contributed by atoms with Crippen LogP contribution in [0.1, 0.15) is 19.8 Å². The number of hydrogen-bond acceptors (Lipinski definition) is 3. The maximum absolute atomic E-state index is 12.0. The summed E-state index contributed by atoms with van der Waals surface area (Å²) in [5.74, 6) is -0.669. The van der Waals surface area contributed by atoms with Gasteiger partial charge in [-0.2, -0.15) is 0 Å². The Balaban J connectivity index is 1.97. The molecule has 2 rings (SSSR count). The highest BCUT2D eigenvalue weighted by atomic mass is 16.3. The third-order valence-corrected chi connectivity index (χ3v) is 3.24. The van der Waals surface area contributed by atoms with Crippen LogP contribution < -0.4 is 5.32 Å². The molecule has 1 heterocycles. The van der Waals surface area contributed by atoms with Gasteiger partial charge in [0.05, 0.1) is 0 Å². The molecule has 1 aromatic rings. The van der Waals surface area contributed by atoms with Gasteiger partial charge < -0.3 is 15.3 Å². The number of phenolic OH excluding ortho intramolecular Hbond substituents is 1. The van der Waals surface area contributed by atoms with Crippen LogP contribution in [0.5, 0.6) is 5.75 Å². The van der Waals surface area contributed by atoms with Crippen LogP contribution in [0, 0.1) is 5.92 Å². The highest BCUT2D eigenvalue weighted by Crippen LogP contribution is 2.17. The Bertz CT molecular complexity index is 487. The lowest BCUT2D eigenvalue weighted by Crippen LogP contribution is -2.44. The van der Waals surface area contributed by atoms with Crippen molar-refractivity contribution >= 4 is 17.5 Å². The lowest BCUT2D eigenvalue weighted by molar-refractivity contribution is -0.144. The van der Waals surface area contributed by atoms with E-state index in [1.54, 1.807) is 17.0 Å². The molecule has 2 N–H and O–H groups in total. The maximum Gasteiger partial charge on any atom is 0.313 e. The second kappa shape index (κ2) is 5.73. The molecule has 0 bridgehead atoms. The summed E-state index contributed by atoms with van der Waals surface area (Å²) < 4.78 is 0. The van der Waals surface area contributed by atoms with Gasteiger partial charge in [-0.3, -0.25) is 9.59 Å². The number of piperidine rings is 1. The van der Waals surface area contributed by atoms with E-state index in [1.165, 1.54) is 12.1 Å². The van der Waals surface area contributed by atoms with Gasteiger partial charge >= 0.3 is 11.8 Å².